The fourth-order valence-corrected chi connectivity index (χ4v) is 2.60. The second-order valence-electron chi connectivity index (χ2n) is 5.24. The van der Waals surface area contributed by atoms with Gasteiger partial charge in [0.2, 0.25) is 5.91 Å². The van der Waals surface area contributed by atoms with Gasteiger partial charge in [-0.05, 0) is 48.8 Å². The normalized spacial score (nSPS) is 10.4. The monoisotopic (exact) mass is 386 g/mol. The standard InChI is InChI=1S/C16H23BrN2O4/c1-6-19(9-14(20)18-10(2)3)16(21)11-7-12(22-4)15(17)13(8-11)23-5/h7-8,10H,6,9H2,1-5H3,(H,18,20). The third-order valence-electron chi connectivity index (χ3n) is 3.15. The Morgan fingerprint density at radius 2 is 1.74 bits per heavy atom. The maximum atomic E-state index is 12.7. The molecule has 0 saturated carbocycles. The molecule has 23 heavy (non-hydrogen) atoms. The molecule has 1 aromatic carbocycles. The van der Waals surface area contributed by atoms with Gasteiger partial charge in [0, 0.05) is 18.2 Å². The van der Waals surface area contributed by atoms with E-state index >= 15 is 0 Å². The maximum Gasteiger partial charge on any atom is 0.254 e. The summed E-state index contributed by atoms with van der Waals surface area (Å²) >= 11 is 3.37. The molecule has 1 aromatic rings. The zero-order valence-electron chi connectivity index (χ0n) is 14.1. The molecule has 0 radical (unpaired) electrons. The smallest absolute Gasteiger partial charge is 0.254 e. The van der Waals surface area contributed by atoms with Crippen LogP contribution in [0.1, 0.15) is 31.1 Å². The Bertz CT molecular complexity index is 550. The molecule has 6 nitrogen and oxygen atoms in total. The van der Waals surface area contributed by atoms with Crippen LogP contribution in [-0.2, 0) is 4.79 Å². The first-order chi connectivity index (χ1) is 10.8. The molecule has 0 aromatic heterocycles. The number of nitrogens with zero attached hydrogens (tertiary/aromatic N) is 1. The summed E-state index contributed by atoms with van der Waals surface area (Å²) in [6.45, 7) is 6.01. The van der Waals surface area contributed by atoms with Crippen molar-refractivity contribution >= 4 is 27.7 Å². The second-order valence-corrected chi connectivity index (χ2v) is 6.03. The first-order valence-electron chi connectivity index (χ1n) is 7.34. The first-order valence-corrected chi connectivity index (χ1v) is 8.13. The molecular weight excluding hydrogens is 364 g/mol. The lowest BCUT2D eigenvalue weighted by atomic mass is 10.1. The minimum absolute atomic E-state index is 0.00814. The summed E-state index contributed by atoms with van der Waals surface area (Å²) in [5.41, 5.74) is 0.404. The highest BCUT2D eigenvalue weighted by Crippen LogP contribution is 2.35. The summed E-state index contributed by atoms with van der Waals surface area (Å²) in [5.74, 6) is 0.549. The van der Waals surface area contributed by atoms with Crippen LogP contribution in [0.5, 0.6) is 11.5 Å². The van der Waals surface area contributed by atoms with E-state index in [1.54, 1.807) is 12.1 Å². The quantitative estimate of drug-likeness (QED) is 0.781. The van der Waals surface area contributed by atoms with Crippen molar-refractivity contribution in [2.24, 2.45) is 0 Å². The molecule has 0 aliphatic carbocycles. The third kappa shape index (κ3) is 5.13. The topological polar surface area (TPSA) is 67.9 Å². The Labute approximate surface area is 145 Å². The molecule has 0 saturated heterocycles. The molecule has 0 unspecified atom stereocenters. The number of hydrogen-bond donors (Lipinski definition) is 1. The summed E-state index contributed by atoms with van der Waals surface area (Å²) in [6, 6.07) is 3.28. The number of methoxy groups -OCH3 is 2. The van der Waals surface area contributed by atoms with E-state index in [-0.39, 0.29) is 24.4 Å². The number of ether oxygens (including phenoxy) is 2. The van der Waals surface area contributed by atoms with Gasteiger partial charge in [0.1, 0.15) is 16.0 Å². The molecule has 0 fully saturated rings. The van der Waals surface area contributed by atoms with E-state index in [1.165, 1.54) is 19.1 Å². The molecule has 2 amide bonds. The lowest BCUT2D eigenvalue weighted by Gasteiger charge is -2.22. The first kappa shape index (κ1) is 19.3. The van der Waals surface area contributed by atoms with Crippen molar-refractivity contribution < 1.29 is 19.1 Å². The average Bonchev–Trinajstić information content (AvgIpc) is 2.51. The molecule has 0 spiro atoms. The maximum absolute atomic E-state index is 12.7. The van der Waals surface area contributed by atoms with E-state index < -0.39 is 0 Å². The molecule has 0 atom stereocenters. The van der Waals surface area contributed by atoms with E-state index in [4.69, 9.17) is 9.47 Å². The number of halogens is 1. The van der Waals surface area contributed by atoms with Gasteiger partial charge in [0.25, 0.3) is 5.91 Å². The average molecular weight is 387 g/mol. The Morgan fingerprint density at radius 1 is 1.22 bits per heavy atom. The highest BCUT2D eigenvalue weighted by molar-refractivity contribution is 9.10. The predicted octanol–water partition coefficient (Wildman–Crippen LogP) is 2.45. The molecule has 7 heteroatoms. The number of carbonyl (C=O) groups excluding carboxylic acids is 2. The van der Waals surface area contributed by atoms with E-state index in [2.05, 4.69) is 21.2 Å². The fraction of sp³-hybridized carbons (Fsp3) is 0.500. The molecule has 0 heterocycles. The molecular formula is C16H23BrN2O4. The van der Waals surface area contributed by atoms with Gasteiger partial charge in [-0.2, -0.15) is 0 Å². The second kappa shape index (κ2) is 8.76. The van der Waals surface area contributed by atoms with Gasteiger partial charge in [0.15, 0.2) is 0 Å². The van der Waals surface area contributed by atoms with Crippen LogP contribution >= 0.6 is 15.9 Å². The van der Waals surface area contributed by atoms with Gasteiger partial charge in [-0.25, -0.2) is 0 Å². The Kier molecular flexibility index (Phi) is 7.35. The van der Waals surface area contributed by atoms with Crippen LogP contribution in [0.2, 0.25) is 0 Å². The number of amides is 2. The van der Waals surface area contributed by atoms with Crippen LogP contribution in [0.4, 0.5) is 0 Å². The molecule has 0 bridgehead atoms. The zero-order chi connectivity index (χ0) is 17.6. The molecule has 1 N–H and O–H groups in total. The highest BCUT2D eigenvalue weighted by Gasteiger charge is 2.21. The van der Waals surface area contributed by atoms with Crippen molar-refractivity contribution in [1.82, 2.24) is 10.2 Å². The van der Waals surface area contributed by atoms with Gasteiger partial charge in [-0.1, -0.05) is 0 Å². The van der Waals surface area contributed by atoms with Crippen LogP contribution in [0, 0.1) is 0 Å². The SMILES string of the molecule is CCN(CC(=O)NC(C)C)C(=O)c1cc(OC)c(Br)c(OC)c1. The fourth-order valence-electron chi connectivity index (χ4n) is 2.04. The molecule has 128 valence electrons. The van der Waals surface area contributed by atoms with Gasteiger partial charge in [0.05, 0.1) is 20.8 Å². The number of likely N-dealkylation sites (N-methyl/N-ethyl adjacent to an activating group) is 1. The zero-order valence-corrected chi connectivity index (χ0v) is 15.7. The minimum atomic E-state index is -0.254. The van der Waals surface area contributed by atoms with E-state index in [0.29, 0.717) is 28.1 Å². The summed E-state index contributed by atoms with van der Waals surface area (Å²) in [7, 11) is 3.03. The Hall–Kier alpha value is -1.76. The van der Waals surface area contributed by atoms with Crippen LogP contribution in [-0.4, -0.2) is 50.1 Å². The number of carbonyl (C=O) groups is 2. The summed E-state index contributed by atoms with van der Waals surface area (Å²) < 4.78 is 11.1. The van der Waals surface area contributed by atoms with Crippen molar-refractivity contribution in [2.75, 3.05) is 27.3 Å². The van der Waals surface area contributed by atoms with Crippen LogP contribution < -0.4 is 14.8 Å². The van der Waals surface area contributed by atoms with Crippen LogP contribution in [0.15, 0.2) is 16.6 Å². The Morgan fingerprint density at radius 3 is 2.13 bits per heavy atom. The Balaban J connectivity index is 3.03. The summed E-state index contributed by atoms with van der Waals surface area (Å²) in [4.78, 5) is 26.0. The van der Waals surface area contributed by atoms with Crippen molar-refractivity contribution in [3.05, 3.63) is 22.2 Å². The number of rotatable bonds is 7. The van der Waals surface area contributed by atoms with Crippen molar-refractivity contribution in [3.8, 4) is 11.5 Å². The van der Waals surface area contributed by atoms with Crippen molar-refractivity contribution in [3.63, 3.8) is 0 Å². The molecule has 0 aliphatic heterocycles. The minimum Gasteiger partial charge on any atom is -0.495 e. The lowest BCUT2D eigenvalue weighted by Crippen LogP contribution is -2.42. The molecule has 0 aliphatic rings. The number of benzene rings is 1. The third-order valence-corrected chi connectivity index (χ3v) is 3.93. The van der Waals surface area contributed by atoms with Gasteiger partial charge in [-0.15, -0.1) is 0 Å². The number of nitrogens with one attached hydrogen (secondary N) is 1. The predicted molar refractivity (Wildman–Crippen MR) is 92.1 cm³/mol. The summed E-state index contributed by atoms with van der Waals surface area (Å²) in [5, 5.41) is 2.78. The van der Waals surface area contributed by atoms with E-state index in [9.17, 15) is 9.59 Å². The lowest BCUT2D eigenvalue weighted by molar-refractivity contribution is -0.122. The van der Waals surface area contributed by atoms with Crippen molar-refractivity contribution in [1.29, 1.82) is 0 Å². The van der Waals surface area contributed by atoms with Crippen molar-refractivity contribution in [2.45, 2.75) is 26.8 Å². The van der Waals surface area contributed by atoms with Gasteiger partial charge in [-0.3, -0.25) is 9.59 Å². The number of hydrogen-bond acceptors (Lipinski definition) is 4. The van der Waals surface area contributed by atoms with Gasteiger partial charge >= 0.3 is 0 Å². The molecule has 1 rings (SSSR count). The van der Waals surface area contributed by atoms with Crippen LogP contribution in [0.25, 0.3) is 0 Å². The van der Waals surface area contributed by atoms with Crippen LogP contribution in [0.3, 0.4) is 0 Å². The summed E-state index contributed by atoms with van der Waals surface area (Å²) in [6.07, 6.45) is 0. The highest BCUT2D eigenvalue weighted by atomic mass is 79.9. The van der Waals surface area contributed by atoms with Gasteiger partial charge < -0.3 is 19.7 Å². The van der Waals surface area contributed by atoms with E-state index in [0.717, 1.165) is 0 Å². The van der Waals surface area contributed by atoms with E-state index in [1.807, 2.05) is 20.8 Å². The largest absolute Gasteiger partial charge is 0.495 e.